The Bertz CT molecular complexity index is 1120. The van der Waals surface area contributed by atoms with E-state index in [-0.39, 0.29) is 54.8 Å². The van der Waals surface area contributed by atoms with E-state index in [4.69, 9.17) is 14.6 Å². The number of hydrogen-bond donors (Lipinski definition) is 2. The number of nitrogens with one attached hydrogen (secondary N) is 1. The lowest BCUT2D eigenvalue weighted by Gasteiger charge is -2.22. The van der Waals surface area contributed by atoms with E-state index in [0.29, 0.717) is 26.1 Å². The number of carboxylic acids is 1. The molecule has 35 heavy (non-hydrogen) atoms. The zero-order valence-corrected chi connectivity index (χ0v) is 19.3. The molecule has 2 amide bonds. The van der Waals surface area contributed by atoms with Gasteiger partial charge in [-0.15, -0.1) is 0 Å². The number of hydrogen-bond acceptors (Lipinski definition) is 5. The fourth-order valence-electron chi connectivity index (χ4n) is 6.20. The third-order valence-corrected chi connectivity index (χ3v) is 8.04. The molecule has 8 nitrogen and oxygen atoms in total. The predicted octanol–water partition coefficient (Wildman–Crippen LogP) is 2.72. The third kappa shape index (κ3) is 3.95. The Kier molecular flexibility index (Phi) is 5.48. The summed E-state index contributed by atoms with van der Waals surface area (Å²) in [5, 5.41) is 11.9. The smallest absolute Gasteiger partial charge is 0.407 e. The van der Waals surface area contributed by atoms with Crippen LogP contribution in [0.25, 0.3) is 11.1 Å². The highest BCUT2D eigenvalue weighted by Crippen LogP contribution is 2.52. The van der Waals surface area contributed by atoms with E-state index in [1.54, 1.807) is 4.90 Å². The highest BCUT2D eigenvalue weighted by atomic mass is 16.5. The fourth-order valence-corrected chi connectivity index (χ4v) is 6.20. The molecule has 2 N–H and O–H groups in total. The van der Waals surface area contributed by atoms with Crippen molar-refractivity contribution in [3.05, 3.63) is 59.7 Å². The Hall–Kier alpha value is -3.39. The SMILES string of the molecule is O=C(NCC1CC(C(=O)N2C[C@@H]3C(C(=O)O)[C@@H]3C2)CO1)OCC1c2ccccc2-c2ccccc21. The summed E-state index contributed by atoms with van der Waals surface area (Å²) in [6, 6.07) is 16.4. The quantitative estimate of drug-likeness (QED) is 0.664. The number of rotatable bonds is 6. The molecule has 0 aromatic heterocycles. The lowest BCUT2D eigenvalue weighted by molar-refractivity contribution is -0.141. The van der Waals surface area contributed by atoms with Gasteiger partial charge in [-0.1, -0.05) is 48.5 Å². The largest absolute Gasteiger partial charge is 0.481 e. The van der Waals surface area contributed by atoms with E-state index in [0.717, 1.165) is 11.1 Å². The van der Waals surface area contributed by atoms with Crippen LogP contribution in [-0.2, 0) is 19.1 Å². The first kappa shape index (κ1) is 22.1. The second-order valence-corrected chi connectivity index (χ2v) is 10.0. The molecule has 2 heterocycles. The molecular formula is C27H28N2O6. The summed E-state index contributed by atoms with van der Waals surface area (Å²) in [6.07, 6.45) is -0.200. The first-order valence-corrected chi connectivity index (χ1v) is 12.2. The standard InChI is InChI=1S/C27H28N2O6/c30-25(29-11-21-22(12-29)24(21)26(31)32)15-9-16(34-13-15)10-28-27(33)35-14-23-19-7-3-1-5-17(19)18-6-2-4-8-20(18)23/h1-8,15-16,21-24H,9-14H2,(H,28,33)(H,31,32)/t15?,16?,21-,22+,24?. The van der Waals surface area contributed by atoms with Crippen LogP contribution in [0.1, 0.15) is 23.5 Å². The Labute approximate surface area is 203 Å². The molecule has 2 saturated heterocycles. The monoisotopic (exact) mass is 476 g/mol. The van der Waals surface area contributed by atoms with Gasteiger partial charge < -0.3 is 24.8 Å². The Morgan fingerprint density at radius 3 is 2.26 bits per heavy atom. The van der Waals surface area contributed by atoms with Crippen LogP contribution in [0.5, 0.6) is 0 Å². The van der Waals surface area contributed by atoms with Gasteiger partial charge in [0.15, 0.2) is 0 Å². The van der Waals surface area contributed by atoms with Crippen LogP contribution < -0.4 is 5.32 Å². The minimum absolute atomic E-state index is 0.00489. The number of aliphatic carboxylic acids is 1. The molecule has 0 spiro atoms. The number of alkyl carbamates (subject to hydrolysis) is 1. The molecule has 2 aromatic carbocycles. The van der Waals surface area contributed by atoms with Crippen molar-refractivity contribution in [3.63, 3.8) is 0 Å². The van der Waals surface area contributed by atoms with Crippen molar-refractivity contribution >= 4 is 18.0 Å². The van der Waals surface area contributed by atoms with Crippen LogP contribution in [0.4, 0.5) is 4.79 Å². The van der Waals surface area contributed by atoms with Crippen molar-refractivity contribution < 1.29 is 29.0 Å². The van der Waals surface area contributed by atoms with E-state index >= 15 is 0 Å². The molecule has 182 valence electrons. The topological polar surface area (TPSA) is 105 Å². The zero-order valence-electron chi connectivity index (χ0n) is 19.3. The van der Waals surface area contributed by atoms with Gasteiger partial charge in [0, 0.05) is 25.6 Å². The highest BCUT2D eigenvalue weighted by molar-refractivity contribution is 5.82. The van der Waals surface area contributed by atoms with Crippen molar-refractivity contribution in [2.75, 3.05) is 32.8 Å². The predicted molar refractivity (Wildman–Crippen MR) is 126 cm³/mol. The first-order chi connectivity index (χ1) is 17.0. The summed E-state index contributed by atoms with van der Waals surface area (Å²) < 4.78 is 11.3. The number of ether oxygens (including phenoxy) is 2. The molecule has 6 rings (SSSR count). The van der Waals surface area contributed by atoms with Gasteiger partial charge in [-0.25, -0.2) is 4.79 Å². The van der Waals surface area contributed by atoms with Gasteiger partial charge >= 0.3 is 12.1 Å². The van der Waals surface area contributed by atoms with Gasteiger partial charge in [0.1, 0.15) is 6.61 Å². The summed E-state index contributed by atoms with van der Waals surface area (Å²) in [5.74, 6) is -1.04. The first-order valence-electron chi connectivity index (χ1n) is 12.2. The van der Waals surface area contributed by atoms with Crippen molar-refractivity contribution in [3.8, 4) is 11.1 Å². The molecule has 8 heteroatoms. The maximum Gasteiger partial charge on any atom is 0.407 e. The number of fused-ring (bicyclic) bond motifs is 4. The molecule has 5 atom stereocenters. The molecule has 3 unspecified atom stereocenters. The molecule has 2 aromatic rings. The second-order valence-electron chi connectivity index (χ2n) is 10.0. The van der Waals surface area contributed by atoms with E-state index in [2.05, 4.69) is 29.6 Å². The lowest BCUT2D eigenvalue weighted by atomic mass is 9.98. The fraction of sp³-hybridized carbons (Fsp3) is 0.444. The summed E-state index contributed by atoms with van der Waals surface area (Å²) in [4.78, 5) is 38.2. The molecule has 1 saturated carbocycles. The van der Waals surface area contributed by atoms with Crippen LogP contribution in [-0.4, -0.2) is 66.9 Å². The number of carbonyl (C=O) groups excluding carboxylic acids is 2. The van der Waals surface area contributed by atoms with Crippen molar-refractivity contribution in [1.82, 2.24) is 10.2 Å². The van der Waals surface area contributed by atoms with Crippen LogP contribution in [0.3, 0.4) is 0 Å². The number of benzene rings is 2. The van der Waals surface area contributed by atoms with Gasteiger partial charge in [-0.3, -0.25) is 9.59 Å². The zero-order chi connectivity index (χ0) is 24.1. The van der Waals surface area contributed by atoms with Crippen molar-refractivity contribution in [1.29, 1.82) is 0 Å². The van der Waals surface area contributed by atoms with Crippen molar-refractivity contribution in [2.45, 2.75) is 18.4 Å². The lowest BCUT2D eigenvalue weighted by Crippen LogP contribution is -2.38. The number of piperidine rings is 1. The number of carbonyl (C=O) groups is 3. The van der Waals surface area contributed by atoms with Crippen molar-refractivity contribution in [2.24, 2.45) is 23.7 Å². The molecule has 2 aliphatic heterocycles. The van der Waals surface area contributed by atoms with E-state index in [9.17, 15) is 14.4 Å². The second kappa shape index (κ2) is 8.68. The number of amides is 2. The van der Waals surface area contributed by atoms with Gasteiger partial charge in [0.2, 0.25) is 5.91 Å². The van der Waals surface area contributed by atoms with E-state index in [1.165, 1.54) is 11.1 Å². The van der Waals surface area contributed by atoms with E-state index < -0.39 is 12.1 Å². The summed E-state index contributed by atoms with van der Waals surface area (Å²) in [5.41, 5.74) is 4.69. The Morgan fingerprint density at radius 1 is 1.00 bits per heavy atom. The summed E-state index contributed by atoms with van der Waals surface area (Å²) >= 11 is 0. The molecule has 4 aliphatic rings. The third-order valence-electron chi connectivity index (χ3n) is 8.04. The molecular weight excluding hydrogens is 448 g/mol. The average Bonchev–Trinajstić information content (AvgIpc) is 3.23. The Morgan fingerprint density at radius 2 is 1.63 bits per heavy atom. The minimum atomic E-state index is -0.754. The normalized spacial score (nSPS) is 28.2. The average molecular weight is 477 g/mol. The maximum absolute atomic E-state index is 12.8. The highest BCUT2D eigenvalue weighted by Gasteiger charge is 2.61. The van der Waals surface area contributed by atoms with Crippen LogP contribution in [0.2, 0.25) is 0 Å². The Balaban J connectivity index is 0.967. The number of carboxylic acid groups (broad SMARTS) is 1. The number of nitrogens with zero attached hydrogens (tertiary/aromatic N) is 1. The summed E-state index contributed by atoms with van der Waals surface area (Å²) in [6.45, 7) is 1.91. The molecule has 0 bridgehead atoms. The molecule has 0 radical (unpaired) electrons. The van der Waals surface area contributed by atoms with E-state index in [1.807, 2.05) is 24.3 Å². The maximum atomic E-state index is 12.8. The van der Waals surface area contributed by atoms with Crippen LogP contribution >= 0.6 is 0 Å². The molecule has 3 fully saturated rings. The summed E-state index contributed by atoms with van der Waals surface area (Å²) in [7, 11) is 0. The van der Waals surface area contributed by atoms with Gasteiger partial charge in [-0.05, 0) is 40.5 Å². The van der Waals surface area contributed by atoms with Gasteiger partial charge in [-0.2, -0.15) is 0 Å². The van der Waals surface area contributed by atoms with Crippen LogP contribution in [0, 0.1) is 23.7 Å². The van der Waals surface area contributed by atoms with Gasteiger partial charge in [0.05, 0.1) is 24.5 Å². The minimum Gasteiger partial charge on any atom is -0.481 e. The van der Waals surface area contributed by atoms with Crippen LogP contribution in [0.15, 0.2) is 48.5 Å². The molecule has 2 aliphatic carbocycles. The van der Waals surface area contributed by atoms with Gasteiger partial charge in [0.25, 0.3) is 0 Å². The number of likely N-dealkylation sites (tertiary alicyclic amines) is 1.